The van der Waals surface area contributed by atoms with E-state index in [1.54, 1.807) is 37.5 Å². The summed E-state index contributed by atoms with van der Waals surface area (Å²) in [7, 11) is 0. The number of hydrogen-bond acceptors (Lipinski definition) is 5. The molecule has 0 spiro atoms. The van der Waals surface area contributed by atoms with Gasteiger partial charge >= 0.3 is 0 Å². The second-order valence-electron chi connectivity index (χ2n) is 8.80. The number of carbonyl (C=O) groups excluding carboxylic acids is 2. The summed E-state index contributed by atoms with van der Waals surface area (Å²) in [5.74, 6) is -1.91. The standard InChI is InChI=1S/C26H25F2N5O3/c1-14-18(28)4-3-5-19(14)31-24-22-20(7-10-30-25(22)34)32-23(24)17-6-9-29-12-21(17)36-13-16-8-11-33(16)26(35)15(2)27/h3-6,9,12,16,31-32H,2,7-8,10-11,13H2,1H3,(H,30,34)/t16-/m1/s1. The summed E-state index contributed by atoms with van der Waals surface area (Å²) in [5, 5.41) is 6.11. The lowest BCUT2D eigenvalue weighted by molar-refractivity contribution is -0.137. The van der Waals surface area contributed by atoms with E-state index in [9.17, 15) is 18.4 Å². The molecule has 2 aromatic heterocycles. The van der Waals surface area contributed by atoms with Crippen LogP contribution in [0, 0.1) is 12.7 Å². The Hall–Kier alpha value is -4.21. The molecule has 0 bridgehead atoms. The molecule has 8 nitrogen and oxygen atoms in total. The number of aromatic nitrogens is 2. The number of rotatable bonds is 7. The minimum Gasteiger partial charge on any atom is -0.489 e. The zero-order chi connectivity index (χ0) is 25.4. The zero-order valence-electron chi connectivity index (χ0n) is 19.7. The Morgan fingerprint density at radius 3 is 2.94 bits per heavy atom. The number of aromatic amines is 1. The third-order valence-corrected chi connectivity index (χ3v) is 6.61. The number of fused-ring (bicyclic) bond motifs is 1. The van der Waals surface area contributed by atoms with Crippen molar-refractivity contribution in [3.63, 3.8) is 0 Å². The first kappa shape index (κ1) is 23.5. The minimum absolute atomic E-state index is 0.143. The Balaban J connectivity index is 1.50. The number of ether oxygens (including phenoxy) is 1. The molecule has 36 heavy (non-hydrogen) atoms. The number of carbonyl (C=O) groups is 2. The molecule has 2 aliphatic rings. The summed E-state index contributed by atoms with van der Waals surface area (Å²) in [6.45, 7) is 5.82. The van der Waals surface area contributed by atoms with Crippen molar-refractivity contribution in [2.45, 2.75) is 25.8 Å². The lowest BCUT2D eigenvalue weighted by Gasteiger charge is -2.40. The van der Waals surface area contributed by atoms with E-state index in [-0.39, 0.29) is 24.4 Å². The van der Waals surface area contributed by atoms with Crippen LogP contribution in [0.3, 0.4) is 0 Å². The number of anilines is 2. The van der Waals surface area contributed by atoms with Gasteiger partial charge in [0, 0.05) is 48.2 Å². The van der Waals surface area contributed by atoms with E-state index in [1.807, 2.05) is 0 Å². The van der Waals surface area contributed by atoms with Gasteiger partial charge in [-0.05, 0) is 31.5 Å². The van der Waals surface area contributed by atoms with Crippen molar-refractivity contribution in [1.82, 2.24) is 20.2 Å². The number of benzene rings is 1. The molecular formula is C26H25F2N5O3. The van der Waals surface area contributed by atoms with Gasteiger partial charge < -0.3 is 25.3 Å². The van der Waals surface area contributed by atoms with Crippen molar-refractivity contribution in [3.05, 3.63) is 71.7 Å². The lowest BCUT2D eigenvalue weighted by atomic mass is 10.0. The molecule has 10 heteroatoms. The van der Waals surface area contributed by atoms with Gasteiger partial charge in [-0.25, -0.2) is 8.78 Å². The predicted molar refractivity (Wildman–Crippen MR) is 130 cm³/mol. The molecule has 3 N–H and O–H groups in total. The van der Waals surface area contributed by atoms with E-state index >= 15 is 0 Å². The van der Waals surface area contributed by atoms with Crippen molar-refractivity contribution in [3.8, 4) is 17.0 Å². The number of hydrogen-bond donors (Lipinski definition) is 3. The van der Waals surface area contributed by atoms with Gasteiger partial charge in [0.25, 0.3) is 11.8 Å². The molecular weight excluding hydrogens is 468 g/mol. The number of likely N-dealkylation sites (tertiary alicyclic amines) is 1. The second kappa shape index (κ2) is 9.44. The van der Waals surface area contributed by atoms with Crippen LogP contribution in [0.5, 0.6) is 5.75 Å². The molecule has 0 saturated carbocycles. The fourth-order valence-electron chi connectivity index (χ4n) is 4.51. The fraction of sp³-hybridized carbons (Fsp3) is 0.269. The van der Waals surface area contributed by atoms with Crippen molar-refractivity contribution in [2.24, 2.45) is 0 Å². The molecule has 0 radical (unpaired) electrons. The SMILES string of the molecule is C=C(F)C(=O)N1CC[C@@H]1COc1cnccc1-c1[nH]c2c(c1Nc1cccc(F)c1C)C(=O)NCC2. The summed E-state index contributed by atoms with van der Waals surface area (Å²) in [5.41, 5.74) is 3.90. The van der Waals surface area contributed by atoms with E-state index in [0.717, 1.165) is 5.69 Å². The summed E-state index contributed by atoms with van der Waals surface area (Å²) >= 11 is 0. The highest BCUT2D eigenvalue weighted by atomic mass is 19.1. The minimum atomic E-state index is -1.000. The molecule has 1 atom stereocenters. The number of halogens is 2. The third-order valence-electron chi connectivity index (χ3n) is 6.61. The number of nitrogens with zero attached hydrogens (tertiary/aromatic N) is 2. The zero-order valence-corrected chi connectivity index (χ0v) is 19.7. The first-order chi connectivity index (χ1) is 17.3. The van der Waals surface area contributed by atoms with E-state index in [2.05, 4.69) is 27.2 Å². The van der Waals surface area contributed by atoms with Crippen LogP contribution in [0.1, 0.15) is 28.0 Å². The van der Waals surface area contributed by atoms with Crippen LogP contribution in [0.2, 0.25) is 0 Å². The molecule has 4 heterocycles. The average Bonchev–Trinajstić information content (AvgIpc) is 3.21. The van der Waals surface area contributed by atoms with Crippen LogP contribution in [0.4, 0.5) is 20.2 Å². The Bertz CT molecular complexity index is 1370. The summed E-state index contributed by atoms with van der Waals surface area (Å²) in [4.78, 5) is 33.7. The summed E-state index contributed by atoms with van der Waals surface area (Å²) < 4.78 is 33.6. The second-order valence-corrected chi connectivity index (χ2v) is 8.80. The highest BCUT2D eigenvalue weighted by Crippen LogP contribution is 2.41. The Kier molecular flexibility index (Phi) is 6.17. The van der Waals surface area contributed by atoms with Crippen molar-refractivity contribution in [2.75, 3.05) is 25.0 Å². The molecule has 0 unspecified atom stereocenters. The smallest absolute Gasteiger partial charge is 0.282 e. The Morgan fingerprint density at radius 2 is 2.19 bits per heavy atom. The van der Waals surface area contributed by atoms with Gasteiger partial charge in [0.15, 0.2) is 5.83 Å². The number of H-pyrrole nitrogens is 1. The fourth-order valence-corrected chi connectivity index (χ4v) is 4.51. The van der Waals surface area contributed by atoms with Gasteiger partial charge in [0.1, 0.15) is 18.2 Å². The molecule has 1 aromatic carbocycles. The van der Waals surface area contributed by atoms with Gasteiger partial charge in [0.2, 0.25) is 0 Å². The quantitative estimate of drug-likeness (QED) is 0.432. The van der Waals surface area contributed by atoms with Crippen LogP contribution < -0.4 is 15.4 Å². The summed E-state index contributed by atoms with van der Waals surface area (Å²) in [6.07, 6.45) is 4.43. The maximum absolute atomic E-state index is 14.3. The van der Waals surface area contributed by atoms with Crippen molar-refractivity contribution >= 4 is 23.2 Å². The molecule has 1 saturated heterocycles. The topological polar surface area (TPSA) is 99.3 Å². The molecule has 2 aliphatic heterocycles. The van der Waals surface area contributed by atoms with Crippen molar-refractivity contribution in [1.29, 1.82) is 0 Å². The van der Waals surface area contributed by atoms with Gasteiger partial charge in [-0.3, -0.25) is 14.6 Å². The molecule has 2 amide bonds. The van der Waals surface area contributed by atoms with Gasteiger partial charge in [-0.15, -0.1) is 0 Å². The van der Waals surface area contributed by atoms with E-state index in [0.29, 0.717) is 65.4 Å². The van der Waals surface area contributed by atoms with E-state index in [1.165, 1.54) is 11.0 Å². The first-order valence-electron chi connectivity index (χ1n) is 11.6. The maximum atomic E-state index is 14.3. The molecule has 0 aliphatic carbocycles. The van der Waals surface area contributed by atoms with E-state index in [4.69, 9.17) is 4.74 Å². The highest BCUT2D eigenvalue weighted by molar-refractivity contribution is 6.06. The largest absolute Gasteiger partial charge is 0.489 e. The van der Waals surface area contributed by atoms with Crippen LogP contribution in [0.25, 0.3) is 11.3 Å². The lowest BCUT2D eigenvalue weighted by Crippen LogP contribution is -2.54. The van der Waals surface area contributed by atoms with Crippen LogP contribution in [-0.2, 0) is 11.2 Å². The van der Waals surface area contributed by atoms with Crippen LogP contribution in [0.15, 0.2) is 49.1 Å². The normalized spacial score (nSPS) is 16.6. The van der Waals surface area contributed by atoms with Crippen LogP contribution in [-0.4, -0.2) is 52.4 Å². The number of amides is 2. The molecule has 1 fully saturated rings. The molecule has 186 valence electrons. The van der Waals surface area contributed by atoms with Crippen molar-refractivity contribution < 1.29 is 23.1 Å². The Labute approximate surface area is 206 Å². The maximum Gasteiger partial charge on any atom is 0.282 e. The van der Waals surface area contributed by atoms with Gasteiger partial charge in [0.05, 0.1) is 29.2 Å². The van der Waals surface area contributed by atoms with Gasteiger partial charge in [-0.2, -0.15) is 0 Å². The number of nitrogens with one attached hydrogen (secondary N) is 3. The molecule has 5 rings (SSSR count). The highest BCUT2D eigenvalue weighted by Gasteiger charge is 2.34. The predicted octanol–water partition coefficient (Wildman–Crippen LogP) is 4.02. The monoisotopic (exact) mass is 493 g/mol. The summed E-state index contributed by atoms with van der Waals surface area (Å²) in [6, 6.07) is 6.19. The number of pyridine rings is 1. The first-order valence-corrected chi connectivity index (χ1v) is 11.6. The third kappa shape index (κ3) is 4.19. The molecule has 3 aromatic rings. The van der Waals surface area contributed by atoms with Crippen LogP contribution >= 0.6 is 0 Å². The Morgan fingerprint density at radius 1 is 1.36 bits per heavy atom. The van der Waals surface area contributed by atoms with E-state index < -0.39 is 11.7 Å². The van der Waals surface area contributed by atoms with Gasteiger partial charge in [-0.1, -0.05) is 12.6 Å². The average molecular weight is 494 g/mol.